The van der Waals surface area contributed by atoms with E-state index >= 15 is 0 Å². The largest absolute Gasteiger partial charge is 0.308 e. The van der Waals surface area contributed by atoms with E-state index in [2.05, 4.69) is 43.4 Å². The smallest absolute Gasteiger partial charge is 0.189 e. The summed E-state index contributed by atoms with van der Waals surface area (Å²) in [7, 11) is 0. The molecule has 0 amide bonds. The zero-order valence-electron chi connectivity index (χ0n) is 31.0. The van der Waals surface area contributed by atoms with Crippen molar-refractivity contribution in [3.05, 3.63) is 197 Å². The molecule has 0 aliphatic carbocycles. The molecule has 2 aromatic heterocycles. The van der Waals surface area contributed by atoms with Crippen LogP contribution in [0.2, 0.25) is 0 Å². The average Bonchev–Trinajstić information content (AvgIpc) is 3.64. The van der Waals surface area contributed by atoms with Crippen LogP contribution < -0.4 is 0 Å². The third-order valence-corrected chi connectivity index (χ3v) is 10.1. The molecule has 0 N–H and O–H groups in total. The summed E-state index contributed by atoms with van der Waals surface area (Å²) in [6, 6.07) is 51.7. The van der Waals surface area contributed by atoms with Gasteiger partial charge in [0.25, 0.3) is 0 Å². The molecule has 7 aromatic carbocycles. The number of hydrogen-bond acceptors (Lipinski definition) is 5. The van der Waals surface area contributed by atoms with Crippen LogP contribution in [0.5, 0.6) is 0 Å². The monoisotopic (exact) mass is 751 g/mol. The maximum absolute atomic E-state index is 10.2. The van der Waals surface area contributed by atoms with Crippen LogP contribution in [0.25, 0.3) is 98.4 Å². The van der Waals surface area contributed by atoms with Gasteiger partial charge >= 0.3 is 0 Å². The summed E-state index contributed by atoms with van der Waals surface area (Å²) in [5.74, 6) is 1.35. The first-order valence-corrected chi connectivity index (χ1v) is 18.3. The minimum atomic E-state index is 0.364. The number of aromatic nitrogens is 4. The quantitative estimate of drug-likeness (QED) is 0.157. The zero-order valence-corrected chi connectivity index (χ0v) is 31.0. The van der Waals surface area contributed by atoms with Gasteiger partial charge in [0.2, 0.25) is 0 Å². The van der Waals surface area contributed by atoms with Crippen molar-refractivity contribution < 1.29 is 0 Å². The van der Waals surface area contributed by atoms with Gasteiger partial charge in [-0.2, -0.15) is 10.5 Å². The van der Waals surface area contributed by atoms with E-state index in [0.29, 0.717) is 51.2 Å². The number of benzene rings is 7. The lowest BCUT2D eigenvalue weighted by Crippen LogP contribution is -2.04. The highest BCUT2D eigenvalue weighted by atomic mass is 15.1. The normalized spacial score (nSPS) is 10.6. The van der Waals surface area contributed by atoms with Crippen LogP contribution in [0.15, 0.2) is 152 Å². The zero-order chi connectivity index (χ0) is 40.5. The first kappa shape index (κ1) is 35.5. The summed E-state index contributed by atoms with van der Waals surface area (Å²) < 4.78 is 2.12. The third kappa shape index (κ3) is 6.54. The molecule has 9 rings (SSSR count). The molecule has 0 unspecified atom stereocenters. The number of fused-ring (bicyclic) bond motifs is 3. The van der Waals surface area contributed by atoms with Crippen LogP contribution >= 0.6 is 0 Å². The highest BCUT2D eigenvalue weighted by Gasteiger charge is 2.21. The van der Waals surface area contributed by atoms with Crippen LogP contribution in [0, 0.1) is 42.4 Å². The fraction of sp³-hybridized carbons (Fsp3) is 0. The minimum absolute atomic E-state index is 0.364. The second-order valence-electron chi connectivity index (χ2n) is 13.6. The predicted molar refractivity (Wildman–Crippen MR) is 230 cm³/mol. The molecule has 0 saturated carbocycles. The fourth-order valence-corrected chi connectivity index (χ4v) is 7.35. The first-order chi connectivity index (χ1) is 29.0. The van der Waals surface area contributed by atoms with Crippen molar-refractivity contribution >= 4 is 38.9 Å². The Morgan fingerprint density at radius 2 is 0.915 bits per heavy atom. The van der Waals surface area contributed by atoms with E-state index in [0.717, 1.165) is 60.9 Å². The molecule has 0 fully saturated rings. The van der Waals surface area contributed by atoms with Gasteiger partial charge in [0, 0.05) is 33.0 Å². The number of nitriles is 2. The first-order valence-electron chi connectivity index (χ1n) is 18.3. The van der Waals surface area contributed by atoms with Crippen molar-refractivity contribution in [3.63, 3.8) is 0 Å². The van der Waals surface area contributed by atoms with Crippen molar-refractivity contribution in [3.8, 4) is 74.2 Å². The molecule has 0 spiro atoms. The molecule has 0 saturated heterocycles. The summed E-state index contributed by atoms with van der Waals surface area (Å²) in [4.78, 5) is 25.8. The Morgan fingerprint density at radius 3 is 1.42 bits per heavy atom. The van der Waals surface area contributed by atoms with Gasteiger partial charge in [-0.1, -0.05) is 91.0 Å². The van der Waals surface area contributed by atoms with E-state index in [9.17, 15) is 10.5 Å². The number of nitrogens with zero attached hydrogens (tertiary/aromatic N) is 9. The second kappa shape index (κ2) is 14.8. The molecule has 270 valence electrons. The van der Waals surface area contributed by atoms with Crippen LogP contribution in [0.3, 0.4) is 0 Å². The summed E-state index contributed by atoms with van der Waals surface area (Å²) >= 11 is 0. The lowest BCUT2D eigenvalue weighted by molar-refractivity contribution is 1.06. The lowest BCUT2D eigenvalue weighted by atomic mass is 9.98. The Morgan fingerprint density at radius 1 is 0.424 bits per heavy atom. The molecule has 0 aliphatic heterocycles. The number of rotatable bonds is 6. The Labute approximate surface area is 339 Å². The molecule has 9 aromatic rings. The van der Waals surface area contributed by atoms with Gasteiger partial charge in [-0.25, -0.2) is 29.5 Å². The van der Waals surface area contributed by atoms with E-state index in [1.54, 1.807) is 48.5 Å². The van der Waals surface area contributed by atoms with Crippen LogP contribution in [0.1, 0.15) is 11.1 Å². The van der Waals surface area contributed by atoms with E-state index in [4.69, 9.17) is 34.7 Å². The lowest BCUT2D eigenvalue weighted by Gasteiger charge is -2.15. The SMILES string of the molecule is [C-]#[N+]c1cc(C#N)cc(-c2ccc3c(c2)c2cc(-c4cc([N+]#[C-])cc([N+]#[C-])c4)ccc2n3-c2ccc(C#N)cc2-c2nc(-c3ccccc3)nc(-c3ccccc3)n2)c1. The van der Waals surface area contributed by atoms with E-state index < -0.39 is 0 Å². The van der Waals surface area contributed by atoms with E-state index in [1.165, 1.54) is 0 Å². The summed E-state index contributed by atoms with van der Waals surface area (Å²) in [6.07, 6.45) is 0. The predicted octanol–water partition coefficient (Wildman–Crippen LogP) is 12.7. The van der Waals surface area contributed by atoms with Crippen LogP contribution in [-0.4, -0.2) is 19.5 Å². The highest BCUT2D eigenvalue weighted by Crippen LogP contribution is 2.41. The van der Waals surface area contributed by atoms with E-state index in [-0.39, 0.29) is 0 Å². The summed E-state index contributed by atoms with van der Waals surface area (Å²) in [5.41, 5.74) is 9.66. The van der Waals surface area contributed by atoms with Gasteiger partial charge in [0.15, 0.2) is 34.5 Å². The van der Waals surface area contributed by atoms with Crippen molar-refractivity contribution in [2.24, 2.45) is 0 Å². The Hall–Kier alpha value is -9.20. The second-order valence-corrected chi connectivity index (χ2v) is 13.6. The van der Waals surface area contributed by atoms with Gasteiger partial charge in [-0.3, -0.25) is 0 Å². The van der Waals surface area contributed by atoms with Gasteiger partial charge in [0.05, 0.1) is 54.1 Å². The molecule has 0 radical (unpaired) electrons. The molecular formula is C50H25N9. The van der Waals surface area contributed by atoms with E-state index in [1.807, 2.05) is 91.0 Å². The van der Waals surface area contributed by atoms with Crippen LogP contribution in [0.4, 0.5) is 17.1 Å². The van der Waals surface area contributed by atoms with Crippen molar-refractivity contribution in [2.45, 2.75) is 0 Å². The van der Waals surface area contributed by atoms with Gasteiger partial charge in [-0.15, -0.1) is 0 Å². The number of hydrogen-bond donors (Lipinski definition) is 0. The molecule has 0 bridgehead atoms. The van der Waals surface area contributed by atoms with Gasteiger partial charge < -0.3 is 4.57 Å². The molecular weight excluding hydrogens is 727 g/mol. The van der Waals surface area contributed by atoms with Crippen molar-refractivity contribution in [1.82, 2.24) is 19.5 Å². The Bertz CT molecular complexity index is 3130. The Kier molecular flexibility index (Phi) is 8.90. The summed E-state index contributed by atoms with van der Waals surface area (Å²) in [5, 5.41) is 21.7. The summed E-state index contributed by atoms with van der Waals surface area (Å²) in [6.45, 7) is 23.0. The molecule has 9 nitrogen and oxygen atoms in total. The Balaban J connectivity index is 1.34. The molecule has 59 heavy (non-hydrogen) atoms. The minimum Gasteiger partial charge on any atom is -0.308 e. The molecule has 9 heteroatoms. The maximum atomic E-state index is 10.2. The average molecular weight is 752 g/mol. The topological polar surface area (TPSA) is 104 Å². The van der Waals surface area contributed by atoms with Gasteiger partial charge in [-0.05, 0) is 82.9 Å². The fourth-order valence-electron chi connectivity index (χ4n) is 7.35. The molecule has 2 heterocycles. The standard InChI is InChI=1S/C50H25N9/c1-53-39-21-32(30-52)20-37(23-39)35-15-18-45-42(26-35)43-27-36(38-24-40(54-2)28-41(25-38)55-3)16-19-46(43)59(45)47-17-14-31(29-51)22-44(47)50-57-48(33-10-6-4-7-11-33)56-49(58-50)34-12-8-5-9-13-34/h4-28H. The third-order valence-electron chi connectivity index (χ3n) is 10.1. The highest BCUT2D eigenvalue weighted by molar-refractivity contribution is 6.12. The van der Waals surface area contributed by atoms with Crippen molar-refractivity contribution in [1.29, 1.82) is 10.5 Å². The molecule has 0 aliphatic rings. The van der Waals surface area contributed by atoms with Gasteiger partial charge in [0.1, 0.15) is 0 Å². The van der Waals surface area contributed by atoms with Crippen molar-refractivity contribution in [2.75, 3.05) is 0 Å². The maximum Gasteiger partial charge on any atom is 0.189 e. The molecule has 0 atom stereocenters. The van der Waals surface area contributed by atoms with Crippen LogP contribution in [-0.2, 0) is 0 Å².